The Kier molecular flexibility index (Phi) is 6.38. The van der Waals surface area contributed by atoms with Gasteiger partial charge in [0.15, 0.2) is 5.11 Å². The fourth-order valence-corrected chi connectivity index (χ4v) is 5.55. The van der Waals surface area contributed by atoms with Crippen molar-refractivity contribution < 1.29 is 0 Å². The van der Waals surface area contributed by atoms with Crippen LogP contribution in [0.5, 0.6) is 0 Å². The summed E-state index contributed by atoms with van der Waals surface area (Å²) in [5.41, 5.74) is 7.92. The average Bonchev–Trinajstić information content (AvgIpc) is 3.35. The van der Waals surface area contributed by atoms with Crippen LogP contribution < -0.4 is 15.1 Å². The Morgan fingerprint density at radius 2 is 1.63 bits per heavy atom. The number of hydrogen-bond acceptors (Lipinski definition) is 3. The van der Waals surface area contributed by atoms with Gasteiger partial charge in [0.2, 0.25) is 0 Å². The number of pyridine rings is 1. The molecule has 1 fully saturated rings. The number of anilines is 2. The molecular formula is C28H28BrN5S. The maximum atomic E-state index is 5.92. The maximum absolute atomic E-state index is 5.92. The van der Waals surface area contributed by atoms with Gasteiger partial charge in [0.1, 0.15) is 0 Å². The van der Waals surface area contributed by atoms with Crippen molar-refractivity contribution in [2.24, 2.45) is 0 Å². The number of halogens is 1. The molecule has 0 spiro atoms. The van der Waals surface area contributed by atoms with Crippen LogP contribution in [0.2, 0.25) is 0 Å². The van der Waals surface area contributed by atoms with Crippen molar-refractivity contribution in [1.82, 2.24) is 14.9 Å². The second-order valence-electron chi connectivity index (χ2n) is 9.05. The molecule has 2 aromatic heterocycles. The van der Waals surface area contributed by atoms with Crippen molar-refractivity contribution in [3.05, 3.63) is 106 Å². The molecule has 0 radical (unpaired) electrons. The Morgan fingerprint density at radius 3 is 2.26 bits per heavy atom. The molecule has 7 heteroatoms. The minimum Gasteiger partial charge on any atom is -0.378 e. The van der Waals surface area contributed by atoms with E-state index in [0.29, 0.717) is 5.11 Å². The van der Waals surface area contributed by atoms with Crippen molar-refractivity contribution in [3.63, 3.8) is 0 Å². The Morgan fingerprint density at radius 1 is 0.943 bits per heavy atom. The number of rotatable bonds is 5. The second-order valence-corrected chi connectivity index (χ2v) is 10.3. The van der Waals surface area contributed by atoms with Crippen LogP contribution in [-0.4, -0.2) is 28.8 Å². The highest BCUT2D eigenvalue weighted by Crippen LogP contribution is 2.44. The van der Waals surface area contributed by atoms with Crippen molar-refractivity contribution in [1.29, 1.82) is 0 Å². The lowest BCUT2D eigenvalue weighted by Crippen LogP contribution is -2.29. The monoisotopic (exact) mass is 545 g/mol. The van der Waals surface area contributed by atoms with Crippen LogP contribution in [-0.2, 0) is 0 Å². The fourth-order valence-electron chi connectivity index (χ4n) is 4.93. The smallest absolute Gasteiger partial charge is 0.174 e. The van der Waals surface area contributed by atoms with Gasteiger partial charge in [-0.15, -0.1) is 0 Å². The van der Waals surface area contributed by atoms with E-state index < -0.39 is 0 Å². The van der Waals surface area contributed by atoms with E-state index in [2.05, 4.69) is 110 Å². The highest BCUT2D eigenvalue weighted by Gasteiger charge is 2.42. The summed E-state index contributed by atoms with van der Waals surface area (Å²) in [7, 11) is 4.10. The van der Waals surface area contributed by atoms with E-state index in [-0.39, 0.29) is 12.1 Å². The topological polar surface area (TPSA) is 36.3 Å². The number of nitrogens with one attached hydrogen (secondary N) is 1. The van der Waals surface area contributed by atoms with Crippen molar-refractivity contribution in [2.45, 2.75) is 25.9 Å². The molecule has 2 aromatic carbocycles. The van der Waals surface area contributed by atoms with Crippen molar-refractivity contribution in [2.75, 3.05) is 23.9 Å². The molecule has 0 saturated carbocycles. The number of benzene rings is 2. The second kappa shape index (κ2) is 9.47. The first-order valence-electron chi connectivity index (χ1n) is 11.6. The van der Waals surface area contributed by atoms with Crippen molar-refractivity contribution in [3.8, 4) is 5.69 Å². The molecular weight excluding hydrogens is 518 g/mol. The summed E-state index contributed by atoms with van der Waals surface area (Å²) < 4.78 is 3.38. The minimum absolute atomic E-state index is 0.0435. The molecule has 5 nitrogen and oxygen atoms in total. The van der Waals surface area contributed by atoms with Gasteiger partial charge in [-0.3, -0.25) is 4.98 Å². The van der Waals surface area contributed by atoms with E-state index >= 15 is 0 Å². The first kappa shape index (κ1) is 23.6. The predicted octanol–water partition coefficient (Wildman–Crippen LogP) is 6.49. The molecule has 4 aromatic rings. The average molecular weight is 547 g/mol. The van der Waals surface area contributed by atoms with Crippen LogP contribution in [0.1, 0.15) is 34.7 Å². The SMILES string of the molecule is Cc1cc(C2C(c3ccccn3)NC(=S)N2c2ccc(N(C)C)cc2)c(C)n1-c1ccc(Br)cc1. The van der Waals surface area contributed by atoms with Crippen LogP contribution in [0, 0.1) is 13.8 Å². The summed E-state index contributed by atoms with van der Waals surface area (Å²) in [5.74, 6) is 0. The van der Waals surface area contributed by atoms with Gasteiger partial charge >= 0.3 is 0 Å². The largest absolute Gasteiger partial charge is 0.378 e. The molecule has 1 aliphatic rings. The lowest BCUT2D eigenvalue weighted by Gasteiger charge is -2.28. The summed E-state index contributed by atoms with van der Waals surface area (Å²) in [5, 5.41) is 4.28. The molecule has 2 atom stereocenters. The van der Waals surface area contributed by atoms with Gasteiger partial charge in [0.25, 0.3) is 0 Å². The van der Waals surface area contributed by atoms with E-state index in [1.807, 2.05) is 32.4 Å². The zero-order valence-corrected chi connectivity index (χ0v) is 22.6. The third kappa shape index (κ3) is 4.34. The zero-order chi connectivity index (χ0) is 24.7. The molecule has 3 heterocycles. The number of thiocarbonyl (C=S) groups is 1. The van der Waals surface area contributed by atoms with Crippen molar-refractivity contribution >= 4 is 44.6 Å². The summed E-state index contributed by atoms with van der Waals surface area (Å²) in [6.07, 6.45) is 1.84. The maximum Gasteiger partial charge on any atom is 0.174 e. The molecule has 1 N–H and O–H groups in total. The normalized spacial score (nSPS) is 17.5. The molecule has 0 aliphatic carbocycles. The fraction of sp³-hybridized carbons (Fsp3) is 0.214. The van der Waals surface area contributed by atoms with Crippen LogP contribution in [0.15, 0.2) is 83.5 Å². The lowest BCUT2D eigenvalue weighted by molar-refractivity contribution is 0.565. The quantitative estimate of drug-likeness (QED) is 0.290. The summed E-state index contributed by atoms with van der Waals surface area (Å²) in [6.45, 7) is 4.35. The van der Waals surface area contributed by atoms with Gasteiger partial charge in [0, 0.05) is 53.2 Å². The molecule has 0 amide bonds. The highest BCUT2D eigenvalue weighted by atomic mass is 79.9. The van der Waals surface area contributed by atoms with Gasteiger partial charge < -0.3 is 19.7 Å². The highest BCUT2D eigenvalue weighted by molar-refractivity contribution is 9.10. The number of aromatic nitrogens is 2. The summed E-state index contributed by atoms with van der Waals surface area (Å²) in [6, 6.07) is 25.2. The Hall–Kier alpha value is -3.16. The van der Waals surface area contributed by atoms with Crippen LogP contribution >= 0.6 is 28.1 Å². The van der Waals surface area contributed by atoms with Crippen LogP contribution in [0.25, 0.3) is 5.69 Å². The van der Waals surface area contributed by atoms with E-state index in [0.717, 1.165) is 27.2 Å². The van der Waals surface area contributed by atoms with E-state index in [1.54, 1.807) is 0 Å². The van der Waals surface area contributed by atoms with Gasteiger partial charge in [-0.25, -0.2) is 0 Å². The number of hydrogen-bond donors (Lipinski definition) is 1. The minimum atomic E-state index is -0.0731. The molecule has 0 bridgehead atoms. The first-order chi connectivity index (χ1) is 16.8. The number of aryl methyl sites for hydroxylation is 1. The Bertz CT molecular complexity index is 1350. The molecule has 178 valence electrons. The zero-order valence-electron chi connectivity index (χ0n) is 20.2. The Balaban J connectivity index is 1.65. The predicted molar refractivity (Wildman–Crippen MR) is 152 cm³/mol. The van der Waals surface area contributed by atoms with Gasteiger partial charge in [-0.1, -0.05) is 22.0 Å². The molecule has 2 unspecified atom stereocenters. The van der Waals surface area contributed by atoms with Gasteiger partial charge in [-0.2, -0.15) is 0 Å². The van der Waals surface area contributed by atoms with Crippen LogP contribution in [0.3, 0.4) is 0 Å². The molecule has 1 aliphatic heterocycles. The van der Waals surface area contributed by atoms with E-state index in [4.69, 9.17) is 17.2 Å². The molecule has 1 saturated heterocycles. The van der Waals surface area contributed by atoms with E-state index in [1.165, 1.54) is 17.0 Å². The summed E-state index contributed by atoms with van der Waals surface area (Å²) in [4.78, 5) is 9.04. The molecule has 35 heavy (non-hydrogen) atoms. The third-order valence-corrected chi connectivity index (χ3v) is 7.46. The van der Waals surface area contributed by atoms with Gasteiger partial charge in [0.05, 0.1) is 17.8 Å². The molecule has 5 rings (SSSR count). The van der Waals surface area contributed by atoms with Gasteiger partial charge in [-0.05, 0) is 98.4 Å². The Labute approximate surface area is 220 Å². The third-order valence-electron chi connectivity index (χ3n) is 6.62. The summed E-state index contributed by atoms with van der Waals surface area (Å²) >= 11 is 9.47. The number of nitrogens with zero attached hydrogens (tertiary/aromatic N) is 4. The van der Waals surface area contributed by atoms with E-state index in [9.17, 15) is 0 Å². The standard InChI is InChI=1S/C28H28BrN5S/c1-18-17-24(19(2)33(18)22-10-8-20(29)9-11-22)27-26(25-7-5-6-16-30-25)31-28(35)34(27)23-14-12-21(13-15-23)32(3)4/h5-17,26-27H,1-4H3,(H,31,35). The lowest BCUT2D eigenvalue weighted by atomic mass is 9.96. The van der Waals surface area contributed by atoms with Crippen LogP contribution in [0.4, 0.5) is 11.4 Å². The first-order valence-corrected chi connectivity index (χ1v) is 12.8.